The first kappa shape index (κ1) is 20.0. The lowest BCUT2D eigenvalue weighted by Crippen LogP contribution is -2.38. The average Bonchev–Trinajstić information content (AvgIpc) is 3.52. The molecule has 0 unspecified atom stereocenters. The van der Waals surface area contributed by atoms with Gasteiger partial charge in [0.05, 0.1) is 18.7 Å². The van der Waals surface area contributed by atoms with E-state index in [-0.39, 0.29) is 18.1 Å². The van der Waals surface area contributed by atoms with Gasteiger partial charge in [-0.3, -0.25) is 4.79 Å². The molecule has 1 aliphatic heterocycles. The quantitative estimate of drug-likeness (QED) is 0.568. The van der Waals surface area contributed by atoms with E-state index >= 15 is 0 Å². The number of ether oxygens (including phenoxy) is 2. The monoisotopic (exact) mass is 416 g/mol. The molecule has 0 spiro atoms. The van der Waals surface area contributed by atoms with Crippen LogP contribution in [0.3, 0.4) is 0 Å². The SMILES string of the molecule is O=C(c1ccc2ccccc2n1)N(Cc1ccc(O[C@H]2CCOC2)cc1)C1CCCC1. The third-order valence-corrected chi connectivity index (χ3v) is 6.31. The molecule has 160 valence electrons. The van der Waals surface area contributed by atoms with Crippen LogP contribution < -0.4 is 4.74 Å². The number of aromatic nitrogens is 1. The standard InChI is InChI=1S/C26H28N2O3/c29-26(25-14-11-20-5-1-4-8-24(20)27-25)28(21-6-2-3-7-21)17-19-9-12-22(13-10-19)31-23-15-16-30-18-23/h1,4-5,8-14,21,23H,2-3,6-7,15-18H2/t23-/m0/s1. The first-order valence-corrected chi connectivity index (χ1v) is 11.3. The highest BCUT2D eigenvalue weighted by atomic mass is 16.5. The number of amides is 1. The van der Waals surface area contributed by atoms with Crippen molar-refractivity contribution in [3.05, 3.63) is 71.9 Å². The fraction of sp³-hybridized carbons (Fsp3) is 0.385. The number of benzene rings is 2. The molecule has 0 radical (unpaired) electrons. The Labute approximate surface area is 183 Å². The maximum absolute atomic E-state index is 13.5. The van der Waals surface area contributed by atoms with Crippen molar-refractivity contribution in [2.45, 2.75) is 50.8 Å². The van der Waals surface area contributed by atoms with E-state index in [2.05, 4.69) is 17.1 Å². The molecule has 2 heterocycles. The molecule has 1 atom stereocenters. The van der Waals surface area contributed by atoms with Crippen molar-refractivity contribution in [2.24, 2.45) is 0 Å². The zero-order valence-corrected chi connectivity index (χ0v) is 17.7. The highest BCUT2D eigenvalue weighted by Crippen LogP contribution is 2.27. The molecule has 5 rings (SSSR count). The second-order valence-corrected chi connectivity index (χ2v) is 8.51. The van der Waals surface area contributed by atoms with Crippen molar-refractivity contribution in [3.63, 3.8) is 0 Å². The Balaban J connectivity index is 1.35. The Bertz CT molecular complexity index is 1040. The van der Waals surface area contributed by atoms with Gasteiger partial charge in [0.25, 0.3) is 5.91 Å². The molecule has 3 aromatic rings. The van der Waals surface area contributed by atoms with E-state index in [0.717, 1.165) is 48.1 Å². The molecule has 2 aromatic carbocycles. The Kier molecular flexibility index (Phi) is 5.85. The third-order valence-electron chi connectivity index (χ3n) is 6.31. The molecule has 5 heteroatoms. The molecular formula is C26H28N2O3. The lowest BCUT2D eigenvalue weighted by molar-refractivity contribution is 0.0659. The van der Waals surface area contributed by atoms with Crippen LogP contribution in [0.25, 0.3) is 10.9 Å². The van der Waals surface area contributed by atoms with E-state index < -0.39 is 0 Å². The molecule has 0 N–H and O–H groups in total. The Morgan fingerprint density at radius 3 is 2.58 bits per heavy atom. The lowest BCUT2D eigenvalue weighted by atomic mass is 10.1. The van der Waals surface area contributed by atoms with Crippen LogP contribution in [0.2, 0.25) is 0 Å². The van der Waals surface area contributed by atoms with Crippen molar-refractivity contribution < 1.29 is 14.3 Å². The summed E-state index contributed by atoms with van der Waals surface area (Å²) in [5.41, 5.74) is 2.49. The Morgan fingerprint density at radius 1 is 1.00 bits per heavy atom. The average molecular weight is 417 g/mol. The van der Waals surface area contributed by atoms with E-state index in [1.54, 1.807) is 0 Å². The highest BCUT2D eigenvalue weighted by Gasteiger charge is 2.28. The summed E-state index contributed by atoms with van der Waals surface area (Å²) >= 11 is 0. The molecule has 1 aliphatic carbocycles. The van der Waals surface area contributed by atoms with Gasteiger partial charge >= 0.3 is 0 Å². The summed E-state index contributed by atoms with van der Waals surface area (Å²) in [6.07, 6.45) is 5.54. The molecule has 1 saturated heterocycles. The predicted molar refractivity (Wildman–Crippen MR) is 120 cm³/mol. The van der Waals surface area contributed by atoms with Crippen molar-refractivity contribution >= 4 is 16.8 Å². The molecule has 1 amide bonds. The number of carbonyl (C=O) groups excluding carboxylic acids is 1. The van der Waals surface area contributed by atoms with Gasteiger partial charge in [-0.1, -0.05) is 49.2 Å². The molecule has 5 nitrogen and oxygen atoms in total. The van der Waals surface area contributed by atoms with Gasteiger partial charge in [0.15, 0.2) is 0 Å². The van der Waals surface area contributed by atoms with E-state index in [0.29, 0.717) is 18.8 Å². The molecule has 0 bridgehead atoms. The maximum Gasteiger partial charge on any atom is 0.273 e. The van der Waals surface area contributed by atoms with Crippen LogP contribution in [0.15, 0.2) is 60.7 Å². The summed E-state index contributed by atoms with van der Waals surface area (Å²) in [4.78, 5) is 20.2. The van der Waals surface area contributed by atoms with Crippen molar-refractivity contribution in [1.29, 1.82) is 0 Å². The minimum atomic E-state index is 0.0149. The second kappa shape index (κ2) is 9.06. The zero-order chi connectivity index (χ0) is 21.0. The number of pyridine rings is 1. The summed E-state index contributed by atoms with van der Waals surface area (Å²) < 4.78 is 11.4. The van der Waals surface area contributed by atoms with Crippen LogP contribution in [0, 0.1) is 0 Å². The number of rotatable bonds is 6. The van der Waals surface area contributed by atoms with Crippen molar-refractivity contribution in [3.8, 4) is 5.75 Å². The van der Waals surface area contributed by atoms with Gasteiger partial charge in [0, 0.05) is 24.4 Å². The smallest absolute Gasteiger partial charge is 0.273 e. The number of hydrogen-bond donors (Lipinski definition) is 0. The first-order valence-electron chi connectivity index (χ1n) is 11.3. The predicted octanol–water partition coefficient (Wildman–Crippen LogP) is 4.99. The van der Waals surface area contributed by atoms with Crippen LogP contribution in [0.4, 0.5) is 0 Å². The van der Waals surface area contributed by atoms with Gasteiger partial charge in [-0.05, 0) is 42.7 Å². The molecule has 2 fully saturated rings. The van der Waals surface area contributed by atoms with Gasteiger partial charge in [-0.25, -0.2) is 4.98 Å². The van der Waals surface area contributed by atoms with Crippen molar-refractivity contribution in [2.75, 3.05) is 13.2 Å². The maximum atomic E-state index is 13.5. The lowest BCUT2D eigenvalue weighted by Gasteiger charge is -2.29. The van der Waals surface area contributed by atoms with Crippen LogP contribution >= 0.6 is 0 Å². The number of hydrogen-bond acceptors (Lipinski definition) is 4. The minimum absolute atomic E-state index is 0.0149. The largest absolute Gasteiger partial charge is 0.488 e. The summed E-state index contributed by atoms with van der Waals surface area (Å²) in [7, 11) is 0. The van der Waals surface area contributed by atoms with Crippen LogP contribution in [-0.2, 0) is 11.3 Å². The van der Waals surface area contributed by atoms with Crippen LogP contribution in [0.5, 0.6) is 5.75 Å². The van der Waals surface area contributed by atoms with Gasteiger partial charge in [-0.2, -0.15) is 0 Å². The number of para-hydroxylation sites is 1. The minimum Gasteiger partial charge on any atom is -0.488 e. The van der Waals surface area contributed by atoms with E-state index in [1.807, 2.05) is 53.4 Å². The van der Waals surface area contributed by atoms with E-state index in [1.165, 1.54) is 12.8 Å². The topological polar surface area (TPSA) is 51.7 Å². The number of nitrogens with zero attached hydrogens (tertiary/aromatic N) is 2. The fourth-order valence-corrected chi connectivity index (χ4v) is 4.58. The molecular weight excluding hydrogens is 388 g/mol. The second-order valence-electron chi connectivity index (χ2n) is 8.51. The highest BCUT2D eigenvalue weighted by molar-refractivity contribution is 5.95. The van der Waals surface area contributed by atoms with E-state index in [4.69, 9.17) is 9.47 Å². The summed E-state index contributed by atoms with van der Waals surface area (Å²) in [5.74, 6) is 0.871. The Hall–Kier alpha value is -2.92. The van der Waals surface area contributed by atoms with Crippen LogP contribution in [-0.4, -0.2) is 41.2 Å². The molecule has 1 aromatic heterocycles. The van der Waals surface area contributed by atoms with Gasteiger partial charge in [0.1, 0.15) is 17.5 Å². The van der Waals surface area contributed by atoms with E-state index in [9.17, 15) is 4.79 Å². The van der Waals surface area contributed by atoms with Gasteiger partial charge in [-0.15, -0.1) is 0 Å². The Morgan fingerprint density at radius 2 is 1.81 bits per heavy atom. The molecule has 31 heavy (non-hydrogen) atoms. The third kappa shape index (κ3) is 4.57. The summed E-state index contributed by atoms with van der Waals surface area (Å²) in [5, 5.41) is 1.05. The molecule has 1 saturated carbocycles. The number of carbonyl (C=O) groups is 1. The number of fused-ring (bicyclic) bond motifs is 1. The van der Waals surface area contributed by atoms with Gasteiger partial charge < -0.3 is 14.4 Å². The molecule has 2 aliphatic rings. The van der Waals surface area contributed by atoms with Gasteiger partial charge in [0.2, 0.25) is 0 Å². The fourth-order valence-electron chi connectivity index (χ4n) is 4.58. The van der Waals surface area contributed by atoms with Crippen LogP contribution in [0.1, 0.15) is 48.2 Å². The van der Waals surface area contributed by atoms with Crippen molar-refractivity contribution in [1.82, 2.24) is 9.88 Å². The zero-order valence-electron chi connectivity index (χ0n) is 17.7. The first-order chi connectivity index (χ1) is 15.3. The summed E-state index contributed by atoms with van der Waals surface area (Å²) in [6.45, 7) is 2.01. The summed E-state index contributed by atoms with van der Waals surface area (Å²) in [6, 6.07) is 20.2. The normalized spacial score (nSPS) is 19.0.